The first kappa shape index (κ1) is 36.0. The Balaban J connectivity index is 2.54. The molecule has 2 bridgehead atoms. The Kier molecular flexibility index (Phi) is 15.4. The van der Waals surface area contributed by atoms with Crippen LogP contribution in [0.1, 0.15) is 92.4 Å². The number of carbonyl (C=O) groups excluding carboxylic acids is 3. The van der Waals surface area contributed by atoms with Crippen molar-refractivity contribution in [3.63, 3.8) is 0 Å². The smallest absolute Gasteiger partial charge is 0.333 e. The van der Waals surface area contributed by atoms with Crippen LogP contribution in [0, 0.1) is 5.92 Å². The van der Waals surface area contributed by atoms with Crippen molar-refractivity contribution in [1.29, 1.82) is 0 Å². The van der Waals surface area contributed by atoms with Gasteiger partial charge in [-0.15, -0.1) is 0 Å². The van der Waals surface area contributed by atoms with Gasteiger partial charge in [0.05, 0.1) is 12.5 Å². The summed E-state index contributed by atoms with van der Waals surface area (Å²) in [5.41, 5.74) is 4.09. The molecule has 0 aromatic carbocycles. The molecule has 0 aromatic heterocycles. The average Bonchev–Trinajstić information content (AvgIpc) is 2.94. The number of methoxy groups -OCH3 is 1. The Bertz CT molecular complexity index is 1140. The van der Waals surface area contributed by atoms with Crippen LogP contribution in [0.5, 0.6) is 0 Å². The summed E-state index contributed by atoms with van der Waals surface area (Å²) in [7, 11) is 1.72. The number of amides is 1. The number of nitrogens with one attached hydrogen (secondary N) is 1. The second kappa shape index (κ2) is 18.4. The Morgan fingerprint density at radius 3 is 2.51 bits per heavy atom. The molecule has 43 heavy (non-hydrogen) atoms. The van der Waals surface area contributed by atoms with Gasteiger partial charge < -0.3 is 24.6 Å². The number of aliphatic hydroxyl groups is 1. The fourth-order valence-corrected chi connectivity index (χ4v) is 5.04. The predicted octanol–water partition coefficient (Wildman–Crippen LogP) is 6.33. The molecule has 0 unspecified atom stereocenters. The molecule has 8 heteroatoms. The second-order valence-electron chi connectivity index (χ2n) is 11.8. The summed E-state index contributed by atoms with van der Waals surface area (Å²) in [4.78, 5) is 39.2. The summed E-state index contributed by atoms with van der Waals surface area (Å²) in [6.07, 6.45) is 13.3. The van der Waals surface area contributed by atoms with Crippen molar-refractivity contribution in [2.75, 3.05) is 7.11 Å². The maximum Gasteiger partial charge on any atom is 0.333 e. The first-order valence-corrected chi connectivity index (χ1v) is 15.4. The first-order chi connectivity index (χ1) is 20.4. The minimum absolute atomic E-state index is 0.0249. The number of fused-ring (bicyclic) bond motifs is 3. The number of rotatable bonds is 3. The lowest BCUT2D eigenvalue weighted by Crippen LogP contribution is -2.43. The molecule has 2 aliphatic rings. The van der Waals surface area contributed by atoms with E-state index in [1.807, 2.05) is 39.0 Å². The van der Waals surface area contributed by atoms with E-state index in [1.54, 1.807) is 33.1 Å². The zero-order chi connectivity index (χ0) is 31.9. The van der Waals surface area contributed by atoms with Crippen molar-refractivity contribution in [2.24, 2.45) is 5.92 Å². The van der Waals surface area contributed by atoms with Crippen molar-refractivity contribution in [3.8, 4) is 0 Å². The maximum absolute atomic E-state index is 13.2. The molecule has 5 atom stereocenters. The van der Waals surface area contributed by atoms with Crippen LogP contribution < -0.4 is 5.32 Å². The normalized spacial score (nSPS) is 33.1. The molecule has 238 valence electrons. The standard InChI is InChI=1S/C35H51NO7/c1-8-9-15-31-27(6)34(39)35(40)36-28-13-11-10-12-14-29(41-7)21-26(5)25(4)17-16-23(2)18-30(42-33(38)22-28)19-24(3)20-32(37)43-31/h9,15-17,19,22,27,29-31,34,39H,5,8,10-14,18,20-21H2,1-4,6-7H3,(H,36,40)/b15-9-,23-16+,24-19-,25-17+,28-22+/t27-,29-,30+,31+,34+/m1/s1. The number of esters is 2. The summed E-state index contributed by atoms with van der Waals surface area (Å²) in [5.74, 6) is -2.50. The molecule has 0 radical (unpaired) electrons. The second-order valence-corrected chi connectivity index (χ2v) is 11.8. The van der Waals surface area contributed by atoms with Gasteiger partial charge in [-0.05, 0) is 76.2 Å². The number of ether oxygens (including phenoxy) is 3. The third kappa shape index (κ3) is 12.9. The predicted molar refractivity (Wildman–Crippen MR) is 169 cm³/mol. The van der Waals surface area contributed by atoms with E-state index in [9.17, 15) is 19.5 Å². The van der Waals surface area contributed by atoms with E-state index in [0.717, 1.165) is 42.4 Å². The molecular weight excluding hydrogens is 546 g/mol. The van der Waals surface area contributed by atoms with Gasteiger partial charge in [-0.2, -0.15) is 0 Å². The molecule has 1 amide bonds. The number of hydrogen-bond donors (Lipinski definition) is 2. The van der Waals surface area contributed by atoms with E-state index in [2.05, 4.69) is 11.9 Å². The molecule has 2 aliphatic heterocycles. The van der Waals surface area contributed by atoms with Crippen LogP contribution in [-0.2, 0) is 28.6 Å². The highest BCUT2D eigenvalue weighted by Crippen LogP contribution is 2.23. The highest BCUT2D eigenvalue weighted by atomic mass is 16.5. The third-order valence-electron chi connectivity index (χ3n) is 7.83. The van der Waals surface area contributed by atoms with Crippen LogP contribution in [0.15, 0.2) is 71.0 Å². The van der Waals surface area contributed by atoms with Crippen LogP contribution >= 0.6 is 0 Å². The zero-order valence-electron chi connectivity index (χ0n) is 26.8. The van der Waals surface area contributed by atoms with Gasteiger partial charge in [0, 0.05) is 31.2 Å². The largest absolute Gasteiger partial charge is 0.457 e. The van der Waals surface area contributed by atoms with Gasteiger partial charge in [0.25, 0.3) is 5.91 Å². The van der Waals surface area contributed by atoms with Gasteiger partial charge >= 0.3 is 11.9 Å². The average molecular weight is 598 g/mol. The van der Waals surface area contributed by atoms with Crippen molar-refractivity contribution in [1.82, 2.24) is 5.32 Å². The topological polar surface area (TPSA) is 111 Å². The van der Waals surface area contributed by atoms with Crippen LogP contribution in [0.25, 0.3) is 0 Å². The lowest BCUT2D eigenvalue weighted by atomic mass is 9.96. The van der Waals surface area contributed by atoms with Crippen molar-refractivity contribution in [3.05, 3.63) is 71.0 Å². The van der Waals surface area contributed by atoms with Gasteiger partial charge in [0.2, 0.25) is 0 Å². The van der Waals surface area contributed by atoms with Crippen LogP contribution in [-0.4, -0.2) is 54.5 Å². The van der Waals surface area contributed by atoms with E-state index in [-0.39, 0.29) is 12.5 Å². The van der Waals surface area contributed by atoms with Crippen molar-refractivity contribution < 1.29 is 33.7 Å². The number of cyclic esters (lactones) is 1. The molecule has 2 N–H and O–H groups in total. The van der Waals surface area contributed by atoms with Gasteiger partial charge in [-0.3, -0.25) is 9.59 Å². The van der Waals surface area contributed by atoms with Crippen molar-refractivity contribution in [2.45, 2.75) is 117 Å². The Morgan fingerprint density at radius 2 is 1.81 bits per heavy atom. The van der Waals surface area contributed by atoms with Crippen LogP contribution in [0.3, 0.4) is 0 Å². The number of carbonyl (C=O) groups is 3. The summed E-state index contributed by atoms with van der Waals surface area (Å²) in [5, 5.41) is 13.7. The number of aliphatic hydroxyl groups excluding tert-OH is 1. The SMILES string of the molecule is C=C1C[C@H](OC)CCCCC/C2=C\C(=O)O[C@H](/C=C(/C)CC(=O)O[C@@H](/C=C\CC)[C@@H](C)[C@H](O)C(=O)N2)C/C(C)=C/C=C/1C. The van der Waals surface area contributed by atoms with Crippen LogP contribution in [0.4, 0.5) is 0 Å². The van der Waals surface area contributed by atoms with Gasteiger partial charge in [-0.1, -0.05) is 62.6 Å². The van der Waals surface area contributed by atoms with E-state index >= 15 is 0 Å². The van der Waals surface area contributed by atoms with E-state index in [1.165, 1.54) is 6.08 Å². The highest BCUT2D eigenvalue weighted by molar-refractivity contribution is 5.87. The first-order valence-electron chi connectivity index (χ1n) is 15.4. The molecule has 0 aromatic rings. The molecule has 0 fully saturated rings. The lowest BCUT2D eigenvalue weighted by molar-refractivity contribution is -0.152. The molecule has 0 saturated carbocycles. The Morgan fingerprint density at radius 1 is 1.07 bits per heavy atom. The van der Waals surface area contributed by atoms with Crippen molar-refractivity contribution >= 4 is 17.8 Å². The molecule has 0 spiro atoms. The minimum Gasteiger partial charge on any atom is -0.457 e. The third-order valence-corrected chi connectivity index (χ3v) is 7.83. The molecule has 2 heterocycles. The summed E-state index contributed by atoms with van der Waals surface area (Å²) in [6.45, 7) is 13.6. The monoisotopic (exact) mass is 597 g/mol. The maximum atomic E-state index is 13.2. The van der Waals surface area contributed by atoms with E-state index in [0.29, 0.717) is 37.0 Å². The number of allylic oxidation sites excluding steroid dienone is 5. The van der Waals surface area contributed by atoms with Gasteiger partial charge in [0.1, 0.15) is 18.3 Å². The Hall–Kier alpha value is -3.23. The molecule has 0 saturated heterocycles. The minimum atomic E-state index is -1.47. The van der Waals surface area contributed by atoms with E-state index in [4.69, 9.17) is 14.2 Å². The highest BCUT2D eigenvalue weighted by Gasteiger charge is 2.31. The molecule has 8 nitrogen and oxygen atoms in total. The number of hydrogen-bond acceptors (Lipinski definition) is 7. The summed E-state index contributed by atoms with van der Waals surface area (Å²) in [6, 6.07) is 0. The van der Waals surface area contributed by atoms with Gasteiger partial charge in [0.15, 0.2) is 0 Å². The summed E-state index contributed by atoms with van der Waals surface area (Å²) < 4.78 is 17.3. The molecular formula is C35H51NO7. The fourth-order valence-electron chi connectivity index (χ4n) is 5.04. The lowest BCUT2D eigenvalue weighted by Gasteiger charge is -2.25. The fraction of sp³-hybridized carbons (Fsp3) is 0.571. The van der Waals surface area contributed by atoms with E-state index < -0.39 is 42.1 Å². The van der Waals surface area contributed by atoms with Gasteiger partial charge in [-0.25, -0.2) is 4.79 Å². The van der Waals surface area contributed by atoms with Crippen LogP contribution in [0.2, 0.25) is 0 Å². The quantitative estimate of drug-likeness (QED) is 0.289. The molecule has 2 rings (SSSR count). The summed E-state index contributed by atoms with van der Waals surface area (Å²) >= 11 is 0. The Labute approximate surface area is 257 Å². The molecule has 0 aliphatic carbocycles. The zero-order valence-corrected chi connectivity index (χ0v) is 26.8.